The smallest absolute Gasteiger partial charge is 0.195 e. The first kappa shape index (κ1) is 12.2. The molecule has 1 aliphatic carbocycles. The minimum atomic E-state index is -0.611. The van der Waals surface area contributed by atoms with Gasteiger partial charge in [0.25, 0.3) is 0 Å². The molecule has 98 valence electrons. The fraction of sp³-hybridized carbons (Fsp3) is 0.600. The first-order valence-corrected chi connectivity index (χ1v) is 6.85. The van der Waals surface area contributed by atoms with Gasteiger partial charge in [-0.15, -0.1) is 0 Å². The van der Waals surface area contributed by atoms with Gasteiger partial charge in [-0.25, -0.2) is 0 Å². The summed E-state index contributed by atoms with van der Waals surface area (Å²) in [5.41, 5.74) is 4.03. The van der Waals surface area contributed by atoms with E-state index in [2.05, 4.69) is 18.2 Å². The lowest BCUT2D eigenvalue weighted by atomic mass is 9.97. The Balaban J connectivity index is 1.90. The third-order valence-electron chi connectivity index (χ3n) is 3.96. The van der Waals surface area contributed by atoms with Crippen molar-refractivity contribution >= 4 is 0 Å². The maximum absolute atomic E-state index is 9.03. The number of benzene rings is 1. The number of rotatable bonds is 4. The van der Waals surface area contributed by atoms with Gasteiger partial charge in [0.1, 0.15) is 0 Å². The summed E-state index contributed by atoms with van der Waals surface area (Å²) in [7, 11) is 0. The quantitative estimate of drug-likeness (QED) is 0.887. The van der Waals surface area contributed by atoms with Crippen LogP contribution in [0.5, 0.6) is 0 Å². The molecule has 1 fully saturated rings. The summed E-state index contributed by atoms with van der Waals surface area (Å²) in [4.78, 5) is 0. The van der Waals surface area contributed by atoms with Gasteiger partial charge in [-0.1, -0.05) is 18.2 Å². The molecule has 0 aromatic heterocycles. The van der Waals surface area contributed by atoms with E-state index < -0.39 is 5.79 Å². The number of hydrogen-bond acceptors (Lipinski definition) is 3. The van der Waals surface area contributed by atoms with Crippen LogP contribution >= 0.6 is 0 Å². The highest BCUT2D eigenvalue weighted by Gasteiger charge is 2.38. The van der Waals surface area contributed by atoms with Crippen molar-refractivity contribution in [3.05, 3.63) is 34.9 Å². The summed E-state index contributed by atoms with van der Waals surface area (Å²) in [5, 5.41) is 9.03. The van der Waals surface area contributed by atoms with Crippen molar-refractivity contribution in [1.29, 1.82) is 0 Å². The lowest BCUT2D eigenvalue weighted by Crippen LogP contribution is -2.27. The Morgan fingerprint density at radius 1 is 1.11 bits per heavy atom. The van der Waals surface area contributed by atoms with Crippen LogP contribution < -0.4 is 0 Å². The van der Waals surface area contributed by atoms with E-state index >= 15 is 0 Å². The van der Waals surface area contributed by atoms with Crippen LogP contribution in [0.2, 0.25) is 0 Å². The molecule has 1 saturated heterocycles. The highest BCUT2D eigenvalue weighted by atomic mass is 16.7. The number of aryl methyl sites for hydroxylation is 2. The zero-order valence-electron chi connectivity index (χ0n) is 10.7. The largest absolute Gasteiger partial charge is 0.396 e. The molecule has 1 heterocycles. The first-order chi connectivity index (χ1) is 8.84. The maximum Gasteiger partial charge on any atom is 0.195 e. The lowest BCUT2D eigenvalue weighted by Gasteiger charge is -2.28. The molecule has 3 nitrogen and oxygen atoms in total. The van der Waals surface area contributed by atoms with Crippen molar-refractivity contribution in [2.24, 2.45) is 0 Å². The molecule has 1 aromatic rings. The van der Waals surface area contributed by atoms with E-state index in [-0.39, 0.29) is 6.61 Å². The third kappa shape index (κ3) is 2.07. The molecule has 0 amide bonds. The fourth-order valence-electron chi connectivity index (χ4n) is 3.03. The SMILES string of the molecule is OCCCC1(c2ccc3c(c2)CCC3)OCCO1. The molecule has 18 heavy (non-hydrogen) atoms. The van der Waals surface area contributed by atoms with Crippen LogP contribution in [-0.2, 0) is 28.1 Å². The Kier molecular flexibility index (Phi) is 3.37. The van der Waals surface area contributed by atoms with Gasteiger partial charge in [0, 0.05) is 18.6 Å². The van der Waals surface area contributed by atoms with Gasteiger partial charge in [-0.2, -0.15) is 0 Å². The molecule has 2 aliphatic rings. The Labute approximate surface area is 108 Å². The topological polar surface area (TPSA) is 38.7 Å². The lowest BCUT2D eigenvalue weighted by molar-refractivity contribution is -0.172. The van der Waals surface area contributed by atoms with E-state index in [9.17, 15) is 0 Å². The molecule has 1 aliphatic heterocycles. The van der Waals surface area contributed by atoms with Crippen molar-refractivity contribution in [2.45, 2.75) is 37.9 Å². The van der Waals surface area contributed by atoms with Gasteiger partial charge in [0.2, 0.25) is 0 Å². The number of ether oxygens (including phenoxy) is 2. The van der Waals surface area contributed by atoms with E-state index in [4.69, 9.17) is 14.6 Å². The molecule has 3 rings (SSSR count). The maximum atomic E-state index is 9.03. The molecule has 0 radical (unpaired) electrons. The highest BCUT2D eigenvalue weighted by Crippen LogP contribution is 2.37. The average molecular weight is 248 g/mol. The zero-order valence-corrected chi connectivity index (χ0v) is 10.7. The molecule has 1 aromatic carbocycles. The van der Waals surface area contributed by atoms with Crippen molar-refractivity contribution in [3.63, 3.8) is 0 Å². The monoisotopic (exact) mass is 248 g/mol. The molecule has 0 atom stereocenters. The molecule has 0 saturated carbocycles. The van der Waals surface area contributed by atoms with E-state index in [1.807, 2.05) is 0 Å². The van der Waals surface area contributed by atoms with Crippen LogP contribution in [0.4, 0.5) is 0 Å². The van der Waals surface area contributed by atoms with Crippen molar-refractivity contribution in [1.82, 2.24) is 0 Å². The Morgan fingerprint density at radius 3 is 2.67 bits per heavy atom. The summed E-state index contributed by atoms with van der Waals surface area (Å²) >= 11 is 0. The fourth-order valence-corrected chi connectivity index (χ4v) is 3.03. The molecule has 1 N–H and O–H groups in total. The molecular weight excluding hydrogens is 228 g/mol. The number of aliphatic hydroxyl groups excluding tert-OH is 1. The molecule has 0 unspecified atom stereocenters. The van der Waals surface area contributed by atoms with Crippen LogP contribution in [0, 0.1) is 0 Å². The van der Waals surface area contributed by atoms with Crippen LogP contribution in [0.1, 0.15) is 36.0 Å². The number of hydrogen-bond donors (Lipinski definition) is 1. The third-order valence-corrected chi connectivity index (χ3v) is 3.96. The summed E-state index contributed by atoms with van der Waals surface area (Å²) in [6.45, 7) is 1.46. The Bertz CT molecular complexity index is 422. The van der Waals surface area contributed by atoms with E-state index in [1.165, 1.54) is 30.4 Å². The van der Waals surface area contributed by atoms with Gasteiger partial charge in [-0.05, 0) is 36.8 Å². The predicted molar refractivity (Wildman–Crippen MR) is 68.4 cm³/mol. The second-order valence-electron chi connectivity index (χ2n) is 5.11. The van der Waals surface area contributed by atoms with Crippen molar-refractivity contribution in [2.75, 3.05) is 19.8 Å². The van der Waals surface area contributed by atoms with Gasteiger partial charge in [0.15, 0.2) is 5.79 Å². The van der Waals surface area contributed by atoms with Crippen molar-refractivity contribution < 1.29 is 14.6 Å². The standard InChI is InChI=1S/C15H20O3/c16-8-2-7-15(17-9-10-18-15)14-6-5-12-3-1-4-13(12)11-14/h5-6,11,16H,1-4,7-10H2. The second-order valence-corrected chi connectivity index (χ2v) is 5.11. The van der Waals surface area contributed by atoms with Gasteiger partial charge in [0.05, 0.1) is 13.2 Å². The van der Waals surface area contributed by atoms with E-state index in [0.717, 1.165) is 12.0 Å². The normalized spacial score (nSPS) is 21.2. The van der Waals surface area contributed by atoms with Crippen LogP contribution in [0.3, 0.4) is 0 Å². The highest BCUT2D eigenvalue weighted by molar-refractivity contribution is 5.37. The second kappa shape index (κ2) is 5.00. The molecular formula is C15H20O3. The van der Waals surface area contributed by atoms with Crippen LogP contribution in [-0.4, -0.2) is 24.9 Å². The van der Waals surface area contributed by atoms with Crippen LogP contribution in [0.25, 0.3) is 0 Å². The first-order valence-electron chi connectivity index (χ1n) is 6.85. The van der Waals surface area contributed by atoms with E-state index in [0.29, 0.717) is 19.6 Å². The van der Waals surface area contributed by atoms with Crippen molar-refractivity contribution in [3.8, 4) is 0 Å². The number of aliphatic hydroxyl groups is 1. The molecule has 0 spiro atoms. The average Bonchev–Trinajstić information content (AvgIpc) is 3.05. The minimum absolute atomic E-state index is 0.180. The Morgan fingerprint density at radius 2 is 1.89 bits per heavy atom. The van der Waals surface area contributed by atoms with Gasteiger partial charge in [-0.3, -0.25) is 0 Å². The molecule has 3 heteroatoms. The summed E-state index contributed by atoms with van der Waals surface area (Å²) < 4.78 is 11.7. The minimum Gasteiger partial charge on any atom is -0.396 e. The van der Waals surface area contributed by atoms with Crippen LogP contribution in [0.15, 0.2) is 18.2 Å². The van der Waals surface area contributed by atoms with E-state index in [1.54, 1.807) is 0 Å². The zero-order chi connectivity index (χ0) is 12.4. The summed E-state index contributed by atoms with van der Waals surface area (Å²) in [6.07, 6.45) is 5.05. The predicted octanol–water partition coefficient (Wildman–Crippen LogP) is 2.15. The molecule has 0 bridgehead atoms. The van der Waals surface area contributed by atoms with Gasteiger partial charge < -0.3 is 14.6 Å². The summed E-state index contributed by atoms with van der Waals surface area (Å²) in [5.74, 6) is -0.611. The number of fused-ring (bicyclic) bond motifs is 1. The summed E-state index contributed by atoms with van der Waals surface area (Å²) in [6, 6.07) is 6.58. The Hall–Kier alpha value is -0.900. The van der Waals surface area contributed by atoms with Gasteiger partial charge >= 0.3 is 0 Å².